The molecular formula is C44H44O2S6Si2. The lowest BCUT2D eigenvalue weighted by Crippen LogP contribution is -2.69. The lowest BCUT2D eigenvalue weighted by molar-refractivity contribution is 0.478. The van der Waals surface area contributed by atoms with Gasteiger partial charge in [0.25, 0.3) is 0 Å². The van der Waals surface area contributed by atoms with Gasteiger partial charge < -0.3 is 8.85 Å². The first-order valence-corrected chi connectivity index (χ1v) is 27.3. The molecule has 5 aromatic rings. The van der Waals surface area contributed by atoms with Crippen LogP contribution in [0.15, 0.2) is 160 Å². The molecule has 0 bridgehead atoms. The Hall–Kier alpha value is -2.29. The monoisotopic (exact) mass is 852 g/mol. The van der Waals surface area contributed by atoms with Crippen LogP contribution < -0.4 is 29.6 Å². The molecule has 10 heteroatoms. The minimum atomic E-state index is -2.91. The molecule has 276 valence electrons. The summed E-state index contributed by atoms with van der Waals surface area (Å²) in [6.07, 6.45) is 0. The summed E-state index contributed by atoms with van der Waals surface area (Å²) in [6, 6.07) is 48.4. The van der Waals surface area contributed by atoms with Crippen molar-refractivity contribution in [2.24, 2.45) is 0 Å². The molecule has 0 fully saturated rings. The van der Waals surface area contributed by atoms with Gasteiger partial charge in [-0.25, -0.2) is 0 Å². The SMILES string of the molecule is CC(C)(C)[Si](Oc1ccc(O[Si](c2ccccc2)(c2ccccc2)C(C)(C)C)c2c1SC(=C1SC3=C(SCCS3)S1)S2)(c1ccccc1)c1ccccc1. The highest BCUT2D eigenvalue weighted by atomic mass is 32.3. The molecule has 0 spiro atoms. The topological polar surface area (TPSA) is 18.5 Å². The fourth-order valence-electron chi connectivity index (χ4n) is 7.60. The average molecular weight is 853 g/mol. The second kappa shape index (κ2) is 15.6. The lowest BCUT2D eigenvalue weighted by Gasteiger charge is -2.44. The van der Waals surface area contributed by atoms with Crippen LogP contribution in [0.3, 0.4) is 0 Å². The molecule has 0 aliphatic carbocycles. The second-order valence-corrected chi connectivity index (χ2v) is 31.3. The Morgan fingerprint density at radius 3 is 0.981 bits per heavy atom. The number of hydrogen-bond donors (Lipinski definition) is 0. The highest BCUT2D eigenvalue weighted by Crippen LogP contribution is 2.67. The third-order valence-electron chi connectivity index (χ3n) is 10.0. The van der Waals surface area contributed by atoms with Crippen LogP contribution in [0, 0.1) is 0 Å². The smallest absolute Gasteiger partial charge is 0.320 e. The predicted molar refractivity (Wildman–Crippen MR) is 249 cm³/mol. The van der Waals surface area contributed by atoms with Gasteiger partial charge in [-0.2, -0.15) is 0 Å². The van der Waals surface area contributed by atoms with Crippen molar-refractivity contribution in [2.45, 2.75) is 61.4 Å². The van der Waals surface area contributed by atoms with E-state index in [0.29, 0.717) is 0 Å². The summed E-state index contributed by atoms with van der Waals surface area (Å²) in [6.45, 7) is 14.1. The van der Waals surface area contributed by atoms with Crippen LogP contribution in [-0.2, 0) is 0 Å². The van der Waals surface area contributed by atoms with Gasteiger partial charge in [0.1, 0.15) is 11.5 Å². The van der Waals surface area contributed by atoms with E-state index in [4.69, 9.17) is 8.85 Å². The Labute approximate surface area is 348 Å². The fourth-order valence-corrected chi connectivity index (χ4v) is 25.5. The first-order valence-electron chi connectivity index (χ1n) is 18.2. The molecule has 0 atom stereocenters. The summed E-state index contributed by atoms with van der Waals surface area (Å²) >= 11 is 11.7. The van der Waals surface area contributed by atoms with Gasteiger partial charge in [0.15, 0.2) is 0 Å². The van der Waals surface area contributed by atoms with E-state index in [-0.39, 0.29) is 10.1 Å². The largest absolute Gasteiger partial charge is 0.533 e. The number of hydrogen-bond acceptors (Lipinski definition) is 8. The van der Waals surface area contributed by atoms with Crippen molar-refractivity contribution >= 4 is 108 Å². The highest BCUT2D eigenvalue weighted by Gasteiger charge is 2.54. The minimum absolute atomic E-state index is 0.168. The molecule has 0 radical (unpaired) electrons. The third kappa shape index (κ3) is 7.01. The summed E-state index contributed by atoms with van der Waals surface area (Å²) in [5.74, 6) is 4.23. The van der Waals surface area contributed by atoms with Gasteiger partial charge in [-0.15, -0.1) is 23.5 Å². The minimum Gasteiger partial charge on any atom is -0.533 e. The Kier molecular flexibility index (Phi) is 11.1. The Morgan fingerprint density at radius 2 is 0.685 bits per heavy atom. The molecule has 0 saturated heterocycles. The van der Waals surface area contributed by atoms with Crippen molar-refractivity contribution in [1.82, 2.24) is 0 Å². The maximum Gasteiger partial charge on any atom is 0.320 e. The molecular weight excluding hydrogens is 809 g/mol. The Bertz CT molecular complexity index is 1970. The predicted octanol–water partition coefficient (Wildman–Crippen LogP) is 12.0. The van der Waals surface area contributed by atoms with Gasteiger partial charge in [0.2, 0.25) is 0 Å². The van der Waals surface area contributed by atoms with Gasteiger partial charge in [0.05, 0.1) is 26.7 Å². The third-order valence-corrected chi connectivity index (χ3v) is 28.8. The van der Waals surface area contributed by atoms with E-state index in [1.807, 2.05) is 70.6 Å². The van der Waals surface area contributed by atoms with E-state index >= 15 is 0 Å². The molecule has 2 nitrogen and oxygen atoms in total. The first kappa shape index (κ1) is 38.6. The standard InChI is InChI=1S/C44H44O2S6Si2/c1-43(2,3)53(31-19-11-7-12-20-31,32-21-13-8-14-22-32)45-35-27-28-36(38-37(35)49-41(50-38)42-51-39-40(52-42)48-30-29-47-39)46-54(44(4,5)6,33-23-15-9-16-24-33)34-25-17-10-18-26-34/h7-28H,29-30H2,1-6H3. The van der Waals surface area contributed by atoms with Gasteiger partial charge in [-0.05, 0) is 43.0 Å². The van der Waals surface area contributed by atoms with Crippen LogP contribution in [0.1, 0.15) is 41.5 Å². The molecule has 3 aliphatic rings. The molecule has 3 aliphatic heterocycles. The number of rotatable bonds is 8. The second-order valence-electron chi connectivity index (χ2n) is 15.5. The van der Waals surface area contributed by atoms with E-state index in [1.165, 1.54) is 49.2 Å². The summed E-state index contributed by atoms with van der Waals surface area (Å²) in [4.78, 5) is 2.33. The normalized spacial score (nSPS) is 16.3. The Balaban J connectivity index is 1.32. The molecule has 0 aromatic heterocycles. The zero-order valence-corrected chi connectivity index (χ0v) is 38.3. The molecule has 3 heterocycles. The van der Waals surface area contributed by atoms with E-state index in [1.54, 1.807) is 0 Å². The summed E-state index contributed by atoms with van der Waals surface area (Å²) in [7, 11) is -5.81. The fraction of sp³-hybridized carbons (Fsp3) is 0.227. The molecule has 0 N–H and O–H groups in total. The number of benzene rings is 5. The van der Waals surface area contributed by atoms with E-state index in [2.05, 4.69) is 175 Å². The maximum atomic E-state index is 7.81. The first-order chi connectivity index (χ1) is 26.0. The van der Waals surface area contributed by atoms with E-state index in [9.17, 15) is 0 Å². The van der Waals surface area contributed by atoms with Crippen LogP contribution >= 0.6 is 70.6 Å². The highest BCUT2D eigenvalue weighted by molar-refractivity contribution is 8.42. The molecule has 8 rings (SSSR count). The summed E-state index contributed by atoms with van der Waals surface area (Å²) in [5, 5.41) is 4.75. The zero-order valence-electron chi connectivity index (χ0n) is 31.4. The van der Waals surface area contributed by atoms with Gasteiger partial charge in [0, 0.05) is 11.5 Å². The van der Waals surface area contributed by atoms with Crippen molar-refractivity contribution in [1.29, 1.82) is 0 Å². The lowest BCUT2D eigenvalue weighted by atomic mass is 10.2. The van der Waals surface area contributed by atoms with Crippen LogP contribution in [0.5, 0.6) is 11.5 Å². The van der Waals surface area contributed by atoms with Crippen LogP contribution in [0.2, 0.25) is 10.1 Å². The van der Waals surface area contributed by atoms with E-state index in [0.717, 1.165) is 21.3 Å². The van der Waals surface area contributed by atoms with Crippen molar-refractivity contribution in [2.75, 3.05) is 11.5 Å². The molecule has 0 saturated carbocycles. The maximum absolute atomic E-state index is 7.81. The summed E-state index contributed by atoms with van der Waals surface area (Å²) < 4.78 is 21.2. The van der Waals surface area contributed by atoms with Crippen LogP contribution in [0.4, 0.5) is 0 Å². The zero-order chi connectivity index (χ0) is 37.6. The molecule has 5 aromatic carbocycles. The van der Waals surface area contributed by atoms with Crippen molar-refractivity contribution in [3.05, 3.63) is 150 Å². The molecule has 0 unspecified atom stereocenters. The number of thioether (sulfide) groups is 6. The van der Waals surface area contributed by atoms with E-state index < -0.39 is 16.6 Å². The van der Waals surface area contributed by atoms with Crippen molar-refractivity contribution in [3.8, 4) is 11.5 Å². The Morgan fingerprint density at radius 1 is 0.389 bits per heavy atom. The average Bonchev–Trinajstić information content (AvgIpc) is 3.83. The number of fused-ring (bicyclic) bond motifs is 1. The molecule has 54 heavy (non-hydrogen) atoms. The van der Waals surface area contributed by atoms with Gasteiger partial charge in [-0.1, -0.05) is 210 Å². The quantitative estimate of drug-likeness (QED) is 0.142. The van der Waals surface area contributed by atoms with Crippen LogP contribution in [-0.4, -0.2) is 28.1 Å². The molecule has 0 amide bonds. The summed E-state index contributed by atoms with van der Waals surface area (Å²) in [5.41, 5.74) is 0. The van der Waals surface area contributed by atoms with Gasteiger partial charge >= 0.3 is 16.6 Å². The van der Waals surface area contributed by atoms with Gasteiger partial charge in [-0.3, -0.25) is 0 Å². The van der Waals surface area contributed by atoms with Crippen molar-refractivity contribution < 1.29 is 8.85 Å². The van der Waals surface area contributed by atoms with Crippen LogP contribution in [0.25, 0.3) is 0 Å². The van der Waals surface area contributed by atoms with Crippen molar-refractivity contribution in [3.63, 3.8) is 0 Å².